The summed E-state index contributed by atoms with van der Waals surface area (Å²) in [5, 5.41) is 4.13. The molecule has 19 heavy (non-hydrogen) atoms. The van der Waals surface area contributed by atoms with Crippen LogP contribution in [0.15, 0.2) is 16.9 Å². The van der Waals surface area contributed by atoms with E-state index in [1.54, 1.807) is 6.33 Å². The molecule has 100 valence electrons. The van der Waals surface area contributed by atoms with E-state index in [0.717, 1.165) is 28.5 Å². The van der Waals surface area contributed by atoms with Crippen molar-refractivity contribution in [3.63, 3.8) is 0 Å². The molecule has 0 spiro atoms. The zero-order valence-corrected chi connectivity index (χ0v) is 11.6. The lowest BCUT2D eigenvalue weighted by molar-refractivity contribution is 0.378. The van der Waals surface area contributed by atoms with E-state index >= 15 is 0 Å². The molecule has 0 unspecified atom stereocenters. The van der Waals surface area contributed by atoms with Gasteiger partial charge in [0.2, 0.25) is 0 Å². The minimum atomic E-state index is 0.606. The first-order chi connectivity index (χ1) is 9.15. The van der Waals surface area contributed by atoms with E-state index in [1.807, 2.05) is 20.9 Å². The fourth-order valence-electron chi connectivity index (χ4n) is 2.19. The third-order valence-electron chi connectivity index (χ3n) is 3.63. The number of hydrogen-bond acceptors (Lipinski definition) is 5. The largest absolute Gasteiger partial charge is 0.361 e. The maximum Gasteiger partial charge on any atom is 0.140 e. The molecule has 1 fully saturated rings. The van der Waals surface area contributed by atoms with Crippen LogP contribution in [0.5, 0.6) is 0 Å². The summed E-state index contributed by atoms with van der Waals surface area (Å²) < 4.78 is 5.37. The van der Waals surface area contributed by atoms with Crippen molar-refractivity contribution in [1.29, 1.82) is 0 Å². The molecular weight excluding hydrogens is 240 g/mol. The highest BCUT2D eigenvalue weighted by Gasteiger charge is 2.28. The lowest BCUT2D eigenvalue weighted by atomic mass is 10.2. The molecule has 1 aliphatic rings. The van der Waals surface area contributed by atoms with Gasteiger partial charge in [-0.25, -0.2) is 9.97 Å². The molecule has 2 aromatic rings. The van der Waals surface area contributed by atoms with Crippen LogP contribution >= 0.6 is 0 Å². The van der Waals surface area contributed by atoms with Crippen molar-refractivity contribution in [2.24, 2.45) is 0 Å². The Labute approximate surface area is 112 Å². The van der Waals surface area contributed by atoms with E-state index in [2.05, 4.69) is 26.1 Å². The van der Waals surface area contributed by atoms with Crippen LogP contribution in [-0.2, 0) is 6.54 Å². The second kappa shape index (κ2) is 4.64. The first-order valence-corrected chi connectivity index (χ1v) is 6.60. The first kappa shape index (κ1) is 12.1. The van der Waals surface area contributed by atoms with Crippen LogP contribution < -0.4 is 4.90 Å². The molecule has 1 saturated carbocycles. The lowest BCUT2D eigenvalue weighted by Crippen LogP contribution is -2.19. The predicted octanol–water partition coefficient (Wildman–Crippen LogP) is 2.60. The van der Waals surface area contributed by atoms with E-state index in [9.17, 15) is 0 Å². The molecule has 0 aromatic carbocycles. The molecule has 2 aromatic heterocycles. The smallest absolute Gasteiger partial charge is 0.140 e. The first-order valence-electron chi connectivity index (χ1n) is 6.60. The summed E-state index contributed by atoms with van der Waals surface area (Å²) in [7, 11) is 2.01. The van der Waals surface area contributed by atoms with Gasteiger partial charge in [-0.2, -0.15) is 0 Å². The number of rotatable bonds is 4. The van der Waals surface area contributed by atoms with Crippen molar-refractivity contribution in [2.75, 3.05) is 11.9 Å². The summed E-state index contributed by atoms with van der Waals surface area (Å²) in [6.07, 6.45) is 4.07. The Balaban J connectivity index is 1.76. The molecule has 0 saturated heterocycles. The van der Waals surface area contributed by atoms with Crippen molar-refractivity contribution in [3.05, 3.63) is 35.1 Å². The Hall–Kier alpha value is -1.91. The average Bonchev–Trinajstić information content (AvgIpc) is 3.14. The van der Waals surface area contributed by atoms with Crippen molar-refractivity contribution >= 4 is 5.82 Å². The van der Waals surface area contributed by atoms with Gasteiger partial charge in [-0.15, -0.1) is 0 Å². The van der Waals surface area contributed by atoms with Crippen molar-refractivity contribution in [1.82, 2.24) is 15.1 Å². The molecule has 5 heteroatoms. The van der Waals surface area contributed by atoms with Gasteiger partial charge in [-0.3, -0.25) is 0 Å². The van der Waals surface area contributed by atoms with E-state index < -0.39 is 0 Å². The Kier molecular flexibility index (Phi) is 2.97. The van der Waals surface area contributed by atoms with Gasteiger partial charge in [-0.1, -0.05) is 5.16 Å². The number of hydrogen-bond donors (Lipinski definition) is 0. The zero-order chi connectivity index (χ0) is 13.4. The van der Waals surface area contributed by atoms with E-state index in [-0.39, 0.29) is 0 Å². The highest BCUT2D eigenvalue weighted by Crippen LogP contribution is 2.40. The van der Waals surface area contributed by atoms with Crippen LogP contribution in [0.25, 0.3) is 0 Å². The molecule has 1 aliphatic carbocycles. The van der Waals surface area contributed by atoms with Crippen LogP contribution in [-0.4, -0.2) is 22.2 Å². The van der Waals surface area contributed by atoms with Gasteiger partial charge >= 0.3 is 0 Å². The monoisotopic (exact) mass is 258 g/mol. The quantitative estimate of drug-likeness (QED) is 0.843. The standard InChI is InChI=1S/C14H18N4O/c1-9-10(2)15-8-16-14(9)18(3)7-12-6-13(19-17-12)11-4-5-11/h6,8,11H,4-5,7H2,1-3H3. The van der Waals surface area contributed by atoms with Gasteiger partial charge in [0.25, 0.3) is 0 Å². The molecule has 0 N–H and O–H groups in total. The molecule has 0 bridgehead atoms. The van der Waals surface area contributed by atoms with Gasteiger partial charge < -0.3 is 9.42 Å². The van der Waals surface area contributed by atoms with Gasteiger partial charge in [0.1, 0.15) is 23.6 Å². The van der Waals surface area contributed by atoms with Crippen molar-refractivity contribution < 1.29 is 4.52 Å². The molecule has 2 heterocycles. The fourth-order valence-corrected chi connectivity index (χ4v) is 2.19. The third-order valence-corrected chi connectivity index (χ3v) is 3.63. The summed E-state index contributed by atoms with van der Waals surface area (Å²) in [4.78, 5) is 10.6. The SMILES string of the molecule is Cc1ncnc(N(C)Cc2cc(C3CC3)on2)c1C. The molecule has 0 radical (unpaired) electrons. The molecule has 0 amide bonds. The van der Waals surface area contributed by atoms with Crippen molar-refractivity contribution in [2.45, 2.75) is 39.2 Å². The fraction of sp³-hybridized carbons (Fsp3) is 0.500. The van der Waals surface area contributed by atoms with Crippen molar-refractivity contribution in [3.8, 4) is 0 Å². The Morgan fingerprint density at radius 1 is 1.32 bits per heavy atom. The number of nitrogens with zero attached hydrogens (tertiary/aromatic N) is 4. The van der Waals surface area contributed by atoms with Crippen LogP contribution in [0, 0.1) is 13.8 Å². The van der Waals surface area contributed by atoms with Crippen LogP contribution in [0.1, 0.15) is 41.5 Å². The minimum absolute atomic E-state index is 0.606. The number of anilines is 1. The molecule has 0 atom stereocenters. The van der Waals surface area contributed by atoms with E-state index in [0.29, 0.717) is 12.5 Å². The van der Waals surface area contributed by atoms with E-state index in [1.165, 1.54) is 12.8 Å². The van der Waals surface area contributed by atoms with Crippen LogP contribution in [0.2, 0.25) is 0 Å². The second-order valence-electron chi connectivity index (χ2n) is 5.26. The highest BCUT2D eigenvalue weighted by molar-refractivity contribution is 5.46. The van der Waals surface area contributed by atoms with Gasteiger partial charge in [-0.05, 0) is 26.7 Å². The maximum absolute atomic E-state index is 5.37. The molecule has 5 nitrogen and oxygen atoms in total. The summed E-state index contributed by atoms with van der Waals surface area (Å²) in [5.41, 5.74) is 3.08. The molecular formula is C14H18N4O. The second-order valence-corrected chi connectivity index (χ2v) is 5.26. The summed E-state index contributed by atoms with van der Waals surface area (Å²) >= 11 is 0. The highest BCUT2D eigenvalue weighted by atomic mass is 16.5. The normalized spacial score (nSPS) is 14.7. The van der Waals surface area contributed by atoms with Crippen LogP contribution in [0.4, 0.5) is 5.82 Å². The summed E-state index contributed by atoms with van der Waals surface area (Å²) in [5.74, 6) is 2.58. The summed E-state index contributed by atoms with van der Waals surface area (Å²) in [6, 6.07) is 2.07. The van der Waals surface area contributed by atoms with Gasteiger partial charge in [0.05, 0.1) is 6.54 Å². The Morgan fingerprint density at radius 2 is 2.11 bits per heavy atom. The summed E-state index contributed by atoms with van der Waals surface area (Å²) in [6.45, 7) is 4.74. The number of aryl methyl sites for hydroxylation is 1. The topological polar surface area (TPSA) is 55.1 Å². The average molecular weight is 258 g/mol. The van der Waals surface area contributed by atoms with Gasteiger partial charge in [0, 0.05) is 30.3 Å². The molecule has 3 rings (SSSR count). The Bertz CT molecular complexity index is 589. The molecule has 0 aliphatic heterocycles. The minimum Gasteiger partial charge on any atom is -0.361 e. The Morgan fingerprint density at radius 3 is 2.84 bits per heavy atom. The van der Waals surface area contributed by atoms with Crippen LogP contribution in [0.3, 0.4) is 0 Å². The predicted molar refractivity (Wildman–Crippen MR) is 72.1 cm³/mol. The maximum atomic E-state index is 5.37. The lowest BCUT2D eigenvalue weighted by Gasteiger charge is -2.19. The van der Waals surface area contributed by atoms with Gasteiger partial charge in [0.15, 0.2) is 0 Å². The van der Waals surface area contributed by atoms with E-state index in [4.69, 9.17) is 4.52 Å². The number of aromatic nitrogens is 3. The zero-order valence-electron chi connectivity index (χ0n) is 11.6. The third kappa shape index (κ3) is 2.45.